The van der Waals surface area contributed by atoms with Crippen LogP contribution in [0.5, 0.6) is 5.75 Å². The summed E-state index contributed by atoms with van der Waals surface area (Å²) in [5, 5.41) is 9.72. The number of nitrogens with zero attached hydrogens (tertiary/aromatic N) is 2. The fraction of sp³-hybridized carbons (Fsp3) is 0.391. The highest BCUT2D eigenvalue weighted by Gasteiger charge is 2.29. The van der Waals surface area contributed by atoms with Crippen molar-refractivity contribution in [1.29, 1.82) is 5.26 Å². The minimum atomic E-state index is -4.24. The zero-order chi connectivity index (χ0) is 24.3. The van der Waals surface area contributed by atoms with Gasteiger partial charge in [-0.3, -0.25) is 4.72 Å². The first-order chi connectivity index (χ1) is 16.3. The number of carbonyl (C=O) groups is 1. The van der Waals surface area contributed by atoms with Gasteiger partial charge < -0.3 is 19.1 Å². The molecule has 1 unspecified atom stereocenters. The molecule has 1 atom stereocenters. The summed E-state index contributed by atoms with van der Waals surface area (Å²) >= 11 is 6.34. The first-order valence-electron chi connectivity index (χ1n) is 10.8. The highest BCUT2D eigenvalue weighted by Crippen LogP contribution is 2.38. The zero-order valence-electron chi connectivity index (χ0n) is 18.5. The first kappa shape index (κ1) is 24.1. The lowest BCUT2D eigenvalue weighted by atomic mass is 10.0. The van der Waals surface area contributed by atoms with E-state index in [4.69, 9.17) is 25.8 Å². The summed E-state index contributed by atoms with van der Waals surface area (Å²) in [5.41, 5.74) is 0.964. The molecule has 0 aliphatic carbocycles. The van der Waals surface area contributed by atoms with E-state index in [1.54, 1.807) is 6.07 Å². The number of rotatable bonds is 1. The molecule has 34 heavy (non-hydrogen) atoms. The number of ether oxygens (including phenoxy) is 3. The smallest absolute Gasteiger partial charge is 0.337 e. The molecule has 1 N–H and O–H groups in total. The molecule has 0 bridgehead atoms. The number of esters is 1. The monoisotopic (exact) mass is 505 g/mol. The van der Waals surface area contributed by atoms with Crippen molar-refractivity contribution in [2.75, 3.05) is 43.1 Å². The van der Waals surface area contributed by atoms with Crippen molar-refractivity contribution in [2.24, 2.45) is 0 Å². The molecule has 4 rings (SSSR count). The van der Waals surface area contributed by atoms with Crippen LogP contribution in [0.15, 0.2) is 35.2 Å². The molecule has 0 radical (unpaired) electrons. The van der Waals surface area contributed by atoms with Gasteiger partial charge in [0, 0.05) is 6.54 Å². The number of methoxy groups -OCH3 is 1. The third-order valence-electron chi connectivity index (χ3n) is 5.84. The zero-order valence-corrected chi connectivity index (χ0v) is 20.1. The van der Waals surface area contributed by atoms with E-state index in [9.17, 15) is 18.5 Å². The number of carbonyl (C=O) groups excluding carboxylic acids is 1. The maximum absolute atomic E-state index is 13.6. The number of nitrogens with one attached hydrogen (secondary N) is 1. The van der Waals surface area contributed by atoms with Crippen molar-refractivity contribution in [3.8, 4) is 11.8 Å². The van der Waals surface area contributed by atoms with Gasteiger partial charge in [0.05, 0.1) is 53.9 Å². The van der Waals surface area contributed by atoms with Crippen LogP contribution in [0.2, 0.25) is 5.02 Å². The largest absolute Gasteiger partial charge is 0.490 e. The summed E-state index contributed by atoms with van der Waals surface area (Å²) in [7, 11) is -3.02. The Morgan fingerprint density at radius 1 is 1.26 bits per heavy atom. The normalized spacial score (nSPS) is 19.8. The van der Waals surface area contributed by atoms with E-state index in [2.05, 4.69) is 9.62 Å². The van der Waals surface area contributed by atoms with Gasteiger partial charge in [-0.2, -0.15) is 5.26 Å². The number of piperidine rings is 1. The van der Waals surface area contributed by atoms with E-state index in [-0.39, 0.29) is 51.7 Å². The van der Waals surface area contributed by atoms with Crippen molar-refractivity contribution >= 4 is 39.0 Å². The van der Waals surface area contributed by atoms with E-state index < -0.39 is 16.0 Å². The van der Waals surface area contributed by atoms with Crippen LogP contribution < -0.4 is 14.4 Å². The highest BCUT2D eigenvalue weighted by atomic mass is 35.5. The molecule has 180 valence electrons. The molecule has 0 amide bonds. The van der Waals surface area contributed by atoms with Gasteiger partial charge in [0.2, 0.25) is 0 Å². The van der Waals surface area contributed by atoms with Crippen LogP contribution in [-0.2, 0) is 19.5 Å². The van der Waals surface area contributed by atoms with E-state index in [0.717, 1.165) is 19.3 Å². The van der Waals surface area contributed by atoms with Gasteiger partial charge in [-0.1, -0.05) is 11.6 Å². The third-order valence-corrected chi connectivity index (χ3v) is 7.54. The molecule has 0 spiro atoms. The molecule has 0 aromatic heterocycles. The van der Waals surface area contributed by atoms with Gasteiger partial charge in [0.25, 0.3) is 10.0 Å². The van der Waals surface area contributed by atoms with Crippen molar-refractivity contribution in [3.63, 3.8) is 0 Å². The summed E-state index contributed by atoms with van der Waals surface area (Å²) in [5.74, 6) is -0.615. The molecular formula is C23H24ClN3O6S. The summed E-state index contributed by atoms with van der Waals surface area (Å²) in [6.45, 7) is 1.51. The fourth-order valence-electron chi connectivity index (χ4n) is 4.17. The standard InChI is InChI=1S/C23H24ClN3O6S/c1-31-23(28)15-5-6-21-22(11-15)34(29,30)26-19-10-16(13-25)18(24)12-20(19)27-7-3-2-4-17(27)14-32-8-9-33-21/h5-6,10-12,17,26H,2-4,7-9,14H2,1H3. The topological polar surface area (TPSA) is 118 Å². The second-order valence-electron chi connectivity index (χ2n) is 7.99. The number of benzene rings is 2. The predicted molar refractivity (Wildman–Crippen MR) is 126 cm³/mol. The van der Waals surface area contributed by atoms with Gasteiger partial charge in [0.15, 0.2) is 0 Å². The van der Waals surface area contributed by atoms with Crippen LogP contribution in [0.25, 0.3) is 0 Å². The second-order valence-corrected chi connectivity index (χ2v) is 10.0. The predicted octanol–water partition coefficient (Wildman–Crippen LogP) is 3.57. The van der Waals surface area contributed by atoms with Gasteiger partial charge >= 0.3 is 5.97 Å². The van der Waals surface area contributed by atoms with Crippen molar-refractivity contribution in [1.82, 2.24) is 0 Å². The molecule has 2 aromatic carbocycles. The number of halogens is 1. The molecule has 1 fully saturated rings. The van der Waals surface area contributed by atoms with E-state index >= 15 is 0 Å². The molecule has 2 aliphatic rings. The van der Waals surface area contributed by atoms with E-state index in [0.29, 0.717) is 18.8 Å². The van der Waals surface area contributed by atoms with Crippen LogP contribution in [0.3, 0.4) is 0 Å². The Morgan fingerprint density at radius 2 is 2.09 bits per heavy atom. The lowest BCUT2D eigenvalue weighted by Gasteiger charge is -2.38. The average molecular weight is 506 g/mol. The van der Waals surface area contributed by atoms with Gasteiger partial charge in [0.1, 0.15) is 23.3 Å². The highest BCUT2D eigenvalue weighted by molar-refractivity contribution is 7.92. The van der Waals surface area contributed by atoms with Crippen molar-refractivity contribution in [2.45, 2.75) is 30.2 Å². The van der Waals surface area contributed by atoms with Gasteiger partial charge in [-0.15, -0.1) is 0 Å². The SMILES string of the molecule is COC(=O)c1ccc2c(c1)S(=O)(=O)Nc1cc(C#N)c(Cl)cc1N1CCCCC1COCCO2. The Balaban J connectivity index is 1.87. The average Bonchev–Trinajstić information content (AvgIpc) is 2.84. The molecular weight excluding hydrogens is 482 g/mol. The number of hydrogen-bond donors (Lipinski definition) is 1. The Labute approximate surface area is 203 Å². The molecule has 1 saturated heterocycles. The number of hydrogen-bond acceptors (Lipinski definition) is 8. The Kier molecular flexibility index (Phi) is 7.16. The first-order valence-corrected chi connectivity index (χ1v) is 12.7. The third kappa shape index (κ3) is 4.92. The van der Waals surface area contributed by atoms with Crippen LogP contribution in [0.4, 0.5) is 11.4 Å². The number of fused-ring (bicyclic) bond motifs is 4. The molecule has 9 nitrogen and oxygen atoms in total. The molecule has 2 heterocycles. The summed E-state index contributed by atoms with van der Waals surface area (Å²) in [6.07, 6.45) is 2.82. The van der Waals surface area contributed by atoms with Crippen LogP contribution in [0.1, 0.15) is 35.2 Å². The number of sulfonamides is 1. The fourth-order valence-corrected chi connectivity index (χ4v) is 5.61. The summed E-state index contributed by atoms with van der Waals surface area (Å²) in [6, 6.07) is 9.08. The summed E-state index contributed by atoms with van der Waals surface area (Å²) < 4.78 is 46.0. The van der Waals surface area contributed by atoms with Crippen LogP contribution in [-0.4, -0.2) is 53.9 Å². The molecule has 0 saturated carbocycles. The minimum Gasteiger partial charge on any atom is -0.490 e. The van der Waals surface area contributed by atoms with Crippen molar-refractivity contribution < 1.29 is 27.4 Å². The lowest BCUT2D eigenvalue weighted by Crippen LogP contribution is -2.43. The molecule has 2 aliphatic heterocycles. The maximum atomic E-state index is 13.6. The van der Waals surface area contributed by atoms with E-state index in [1.807, 2.05) is 6.07 Å². The van der Waals surface area contributed by atoms with Gasteiger partial charge in [-0.05, 0) is 49.6 Å². The molecule has 11 heteroatoms. The lowest BCUT2D eigenvalue weighted by molar-refractivity contribution is 0.0600. The van der Waals surface area contributed by atoms with Crippen LogP contribution >= 0.6 is 11.6 Å². The summed E-state index contributed by atoms with van der Waals surface area (Å²) in [4.78, 5) is 13.9. The second kappa shape index (κ2) is 10.1. The number of anilines is 2. The quantitative estimate of drug-likeness (QED) is 0.584. The Hall–Kier alpha value is -3.00. The van der Waals surface area contributed by atoms with Crippen LogP contribution in [0, 0.1) is 11.3 Å². The number of nitriles is 1. The van der Waals surface area contributed by atoms with Gasteiger partial charge in [-0.25, -0.2) is 13.2 Å². The molecule has 2 aromatic rings. The maximum Gasteiger partial charge on any atom is 0.337 e. The van der Waals surface area contributed by atoms with Crippen molar-refractivity contribution in [3.05, 3.63) is 46.5 Å². The Bertz CT molecular complexity index is 1240. The Morgan fingerprint density at radius 3 is 2.85 bits per heavy atom. The van der Waals surface area contributed by atoms with E-state index in [1.165, 1.54) is 31.4 Å². The minimum absolute atomic E-state index is 0.00932.